The van der Waals surface area contributed by atoms with Crippen LogP contribution in [0.3, 0.4) is 0 Å². The lowest BCUT2D eigenvalue weighted by Gasteiger charge is -2.31. The summed E-state index contributed by atoms with van der Waals surface area (Å²) in [5.41, 5.74) is 1.67. The molecule has 0 bridgehead atoms. The average molecular weight is 460 g/mol. The van der Waals surface area contributed by atoms with Gasteiger partial charge in [-0.25, -0.2) is 14.2 Å². The summed E-state index contributed by atoms with van der Waals surface area (Å²) < 4.78 is 17.5. The molecule has 162 valence electrons. The van der Waals surface area contributed by atoms with Crippen LogP contribution >= 0.6 is 23.1 Å². The number of benzene rings is 2. The smallest absolute Gasteiger partial charge is 0.319 e. The van der Waals surface area contributed by atoms with E-state index in [0.29, 0.717) is 29.6 Å². The van der Waals surface area contributed by atoms with Crippen molar-refractivity contribution in [1.82, 2.24) is 14.7 Å². The van der Waals surface area contributed by atoms with Crippen LogP contribution in [0.1, 0.15) is 24.2 Å². The molecule has 3 aromatic rings. The molecule has 0 aliphatic carbocycles. The Kier molecular flexibility index (Phi) is 6.99. The van der Waals surface area contributed by atoms with Crippen LogP contribution in [0.5, 0.6) is 0 Å². The van der Waals surface area contributed by atoms with Crippen molar-refractivity contribution in [3.63, 3.8) is 0 Å². The second-order valence-electron chi connectivity index (χ2n) is 7.57. The Morgan fingerprint density at radius 1 is 1.19 bits per heavy atom. The molecule has 31 heavy (non-hydrogen) atoms. The van der Waals surface area contributed by atoms with Gasteiger partial charge in [-0.05, 0) is 54.7 Å². The first kappa shape index (κ1) is 21.5. The number of rotatable bonds is 6. The molecule has 2 N–H and O–H groups in total. The van der Waals surface area contributed by atoms with Gasteiger partial charge in [-0.3, -0.25) is 0 Å². The van der Waals surface area contributed by atoms with E-state index < -0.39 is 0 Å². The molecular formula is C22H23ClFN5OS. The average Bonchev–Trinajstić information content (AvgIpc) is 3.23. The third-order valence-corrected chi connectivity index (χ3v) is 6.30. The van der Waals surface area contributed by atoms with E-state index in [1.807, 2.05) is 0 Å². The molecule has 1 aliphatic heterocycles. The summed E-state index contributed by atoms with van der Waals surface area (Å²) >= 11 is 7.34. The van der Waals surface area contributed by atoms with Gasteiger partial charge in [0.25, 0.3) is 0 Å². The number of nitrogens with zero attached hydrogens (tertiary/aromatic N) is 3. The first-order chi connectivity index (χ1) is 15.0. The molecule has 1 aliphatic rings. The van der Waals surface area contributed by atoms with Crippen molar-refractivity contribution in [2.75, 3.05) is 29.9 Å². The van der Waals surface area contributed by atoms with E-state index in [1.54, 1.807) is 36.4 Å². The first-order valence-electron chi connectivity index (χ1n) is 10.2. The molecule has 0 atom stereocenters. The molecule has 1 saturated heterocycles. The Labute approximate surface area is 189 Å². The number of piperidine rings is 1. The van der Waals surface area contributed by atoms with Crippen LogP contribution in [0, 0.1) is 11.7 Å². The van der Waals surface area contributed by atoms with Crippen molar-refractivity contribution in [1.29, 1.82) is 0 Å². The standard InChI is InChI=1S/C22H23ClFN5OS/c23-17-2-1-3-19(13-17)26-21(30)25-14-16-8-10-29(11-9-16)22-27-20(28-31-22)12-15-4-6-18(24)7-5-15/h1-7,13,16H,8-12,14H2,(H2,25,26,30). The number of hydrogen-bond donors (Lipinski definition) is 2. The quantitative estimate of drug-likeness (QED) is 0.546. The number of nitrogens with one attached hydrogen (secondary N) is 2. The highest BCUT2D eigenvalue weighted by atomic mass is 35.5. The van der Waals surface area contributed by atoms with Crippen molar-refractivity contribution in [2.45, 2.75) is 19.3 Å². The molecule has 2 heterocycles. The van der Waals surface area contributed by atoms with Gasteiger partial charge >= 0.3 is 6.03 Å². The van der Waals surface area contributed by atoms with Gasteiger partial charge in [0, 0.05) is 48.3 Å². The number of halogens is 2. The highest BCUT2D eigenvalue weighted by molar-refractivity contribution is 7.09. The van der Waals surface area contributed by atoms with E-state index in [2.05, 4.69) is 24.9 Å². The first-order valence-corrected chi connectivity index (χ1v) is 11.3. The molecule has 6 nitrogen and oxygen atoms in total. The fraction of sp³-hybridized carbons (Fsp3) is 0.318. The third kappa shape index (κ3) is 6.15. The fourth-order valence-corrected chi connectivity index (χ4v) is 4.46. The molecular weight excluding hydrogens is 437 g/mol. The largest absolute Gasteiger partial charge is 0.347 e. The van der Waals surface area contributed by atoms with Crippen LogP contribution in [0.25, 0.3) is 0 Å². The monoisotopic (exact) mass is 459 g/mol. The molecule has 2 amide bonds. The van der Waals surface area contributed by atoms with Crippen LogP contribution < -0.4 is 15.5 Å². The number of carbonyl (C=O) groups is 1. The van der Waals surface area contributed by atoms with Crippen molar-refractivity contribution in [3.05, 3.63) is 70.8 Å². The van der Waals surface area contributed by atoms with E-state index in [9.17, 15) is 9.18 Å². The third-order valence-electron chi connectivity index (χ3n) is 5.25. The number of hydrogen-bond acceptors (Lipinski definition) is 5. The number of urea groups is 1. The van der Waals surface area contributed by atoms with E-state index >= 15 is 0 Å². The van der Waals surface area contributed by atoms with Crippen LogP contribution in [-0.4, -0.2) is 35.0 Å². The maximum absolute atomic E-state index is 13.0. The highest BCUT2D eigenvalue weighted by Crippen LogP contribution is 2.25. The maximum Gasteiger partial charge on any atom is 0.319 e. The number of amides is 2. The molecule has 0 spiro atoms. The SMILES string of the molecule is O=C(NCC1CCN(c2nc(Cc3ccc(F)cc3)ns2)CC1)Nc1cccc(Cl)c1. The Balaban J connectivity index is 1.21. The van der Waals surface area contributed by atoms with Crippen LogP contribution in [0.2, 0.25) is 5.02 Å². The van der Waals surface area contributed by atoms with Gasteiger partial charge in [-0.15, -0.1) is 0 Å². The molecule has 0 saturated carbocycles. The van der Waals surface area contributed by atoms with Gasteiger partial charge in [-0.1, -0.05) is 29.8 Å². The lowest BCUT2D eigenvalue weighted by Crippen LogP contribution is -2.39. The van der Waals surface area contributed by atoms with E-state index in [1.165, 1.54) is 23.7 Å². The number of anilines is 2. The topological polar surface area (TPSA) is 70.2 Å². The lowest BCUT2D eigenvalue weighted by atomic mass is 9.97. The summed E-state index contributed by atoms with van der Waals surface area (Å²) in [5, 5.41) is 7.25. The predicted molar refractivity (Wildman–Crippen MR) is 123 cm³/mol. The molecule has 4 rings (SSSR count). The van der Waals surface area contributed by atoms with Gasteiger partial charge < -0.3 is 15.5 Å². The number of carbonyl (C=O) groups excluding carboxylic acids is 1. The fourth-order valence-electron chi connectivity index (χ4n) is 3.54. The van der Waals surface area contributed by atoms with E-state index in [4.69, 9.17) is 11.6 Å². The summed E-state index contributed by atoms with van der Waals surface area (Å²) in [6, 6.07) is 13.3. The Morgan fingerprint density at radius 2 is 1.97 bits per heavy atom. The zero-order valence-corrected chi connectivity index (χ0v) is 18.4. The second kappa shape index (κ2) is 10.1. The maximum atomic E-state index is 13.0. The Morgan fingerprint density at radius 3 is 2.71 bits per heavy atom. The Hall–Kier alpha value is -2.71. The Bertz CT molecular complexity index is 1020. The summed E-state index contributed by atoms with van der Waals surface area (Å²) in [4.78, 5) is 19.0. The van der Waals surface area contributed by atoms with Crippen LogP contribution in [0.15, 0.2) is 48.5 Å². The zero-order valence-electron chi connectivity index (χ0n) is 16.9. The summed E-state index contributed by atoms with van der Waals surface area (Å²) in [6.07, 6.45) is 2.55. The lowest BCUT2D eigenvalue weighted by molar-refractivity contribution is 0.248. The normalized spacial score (nSPS) is 14.5. The minimum atomic E-state index is -0.241. The molecule has 1 fully saturated rings. The predicted octanol–water partition coefficient (Wildman–Crippen LogP) is 4.96. The minimum Gasteiger partial charge on any atom is -0.347 e. The van der Waals surface area contributed by atoms with E-state index in [0.717, 1.165) is 42.5 Å². The molecule has 0 radical (unpaired) electrons. The zero-order chi connectivity index (χ0) is 21.6. The minimum absolute atomic E-state index is 0.223. The van der Waals surface area contributed by atoms with Gasteiger partial charge in [0.05, 0.1) is 0 Å². The van der Waals surface area contributed by atoms with Crippen molar-refractivity contribution < 1.29 is 9.18 Å². The van der Waals surface area contributed by atoms with Gasteiger partial charge in [0.2, 0.25) is 5.13 Å². The molecule has 0 unspecified atom stereocenters. The van der Waals surface area contributed by atoms with Gasteiger partial charge in [0.15, 0.2) is 0 Å². The molecule has 9 heteroatoms. The summed E-state index contributed by atoms with van der Waals surface area (Å²) in [5.74, 6) is 0.941. The van der Waals surface area contributed by atoms with Crippen LogP contribution in [-0.2, 0) is 6.42 Å². The summed E-state index contributed by atoms with van der Waals surface area (Å²) in [6.45, 7) is 2.40. The number of aromatic nitrogens is 2. The van der Waals surface area contributed by atoms with Crippen molar-refractivity contribution in [2.24, 2.45) is 5.92 Å². The molecule has 2 aromatic carbocycles. The van der Waals surface area contributed by atoms with Crippen molar-refractivity contribution in [3.8, 4) is 0 Å². The second-order valence-corrected chi connectivity index (χ2v) is 8.74. The van der Waals surface area contributed by atoms with Crippen molar-refractivity contribution >= 4 is 40.0 Å². The summed E-state index contributed by atoms with van der Waals surface area (Å²) in [7, 11) is 0. The van der Waals surface area contributed by atoms with Gasteiger partial charge in [-0.2, -0.15) is 4.37 Å². The van der Waals surface area contributed by atoms with E-state index in [-0.39, 0.29) is 11.8 Å². The van der Waals surface area contributed by atoms with Gasteiger partial charge in [0.1, 0.15) is 11.6 Å². The van der Waals surface area contributed by atoms with Crippen LogP contribution in [0.4, 0.5) is 20.0 Å². The molecule has 1 aromatic heterocycles. The highest BCUT2D eigenvalue weighted by Gasteiger charge is 2.22.